The summed E-state index contributed by atoms with van der Waals surface area (Å²) in [6.07, 6.45) is 0. The van der Waals surface area contributed by atoms with E-state index in [-0.39, 0.29) is 37.2 Å². The fourth-order valence-corrected chi connectivity index (χ4v) is 2.80. The van der Waals surface area contributed by atoms with Gasteiger partial charge in [-0.2, -0.15) is 11.3 Å². The quantitative estimate of drug-likeness (QED) is 0.897. The average Bonchev–Trinajstić information content (AvgIpc) is 3.01. The van der Waals surface area contributed by atoms with Gasteiger partial charge in [0.2, 0.25) is 5.89 Å². The van der Waals surface area contributed by atoms with Gasteiger partial charge in [-0.05, 0) is 18.4 Å². The van der Waals surface area contributed by atoms with Crippen LogP contribution in [0, 0.1) is 6.92 Å². The number of hydrogen-bond acceptors (Lipinski definition) is 5. The number of aromatic nitrogens is 1. The van der Waals surface area contributed by atoms with Crippen molar-refractivity contribution in [3.8, 4) is 11.5 Å². The molecule has 0 bridgehead atoms. The molecule has 0 spiro atoms. The Morgan fingerprint density at radius 2 is 2.00 bits per heavy atom. The van der Waals surface area contributed by atoms with Gasteiger partial charge in [-0.3, -0.25) is 4.90 Å². The minimum Gasteiger partial charge on any atom is -0.441 e. The van der Waals surface area contributed by atoms with Crippen molar-refractivity contribution in [1.29, 1.82) is 0 Å². The third kappa shape index (κ3) is 5.13. The van der Waals surface area contributed by atoms with Gasteiger partial charge in [0.05, 0.1) is 5.69 Å². The van der Waals surface area contributed by atoms with E-state index in [2.05, 4.69) is 20.6 Å². The van der Waals surface area contributed by atoms with Gasteiger partial charge in [-0.25, -0.2) is 4.98 Å². The molecule has 0 unspecified atom stereocenters. The number of rotatable bonds is 3. The maximum Gasteiger partial charge on any atom is 0.227 e. The highest BCUT2D eigenvalue weighted by Crippen LogP contribution is 2.24. The summed E-state index contributed by atoms with van der Waals surface area (Å²) in [5.41, 5.74) is 2.15. The summed E-state index contributed by atoms with van der Waals surface area (Å²) in [6.45, 7) is 7.18. The summed E-state index contributed by atoms with van der Waals surface area (Å²) >= 11 is 1.67. The van der Waals surface area contributed by atoms with Crippen LogP contribution in [0.2, 0.25) is 0 Å². The van der Waals surface area contributed by atoms with E-state index in [1.807, 2.05) is 18.4 Å². The molecule has 0 aromatic carbocycles. The lowest BCUT2D eigenvalue weighted by Gasteiger charge is -2.26. The molecule has 2 aromatic heterocycles. The van der Waals surface area contributed by atoms with Crippen LogP contribution in [0.5, 0.6) is 0 Å². The lowest BCUT2D eigenvalue weighted by atomic mass is 10.3. The molecule has 3 rings (SSSR count). The van der Waals surface area contributed by atoms with Crippen molar-refractivity contribution in [3.63, 3.8) is 0 Å². The fourth-order valence-electron chi connectivity index (χ4n) is 2.17. The molecule has 120 valence electrons. The van der Waals surface area contributed by atoms with Crippen LogP contribution in [0.1, 0.15) is 11.5 Å². The lowest BCUT2D eigenvalue weighted by molar-refractivity contribution is 0.230. The molecular weight excluding hydrogens is 353 g/mol. The number of hydrogen-bond donors (Lipinski definition) is 1. The third-order valence-electron chi connectivity index (χ3n) is 3.24. The van der Waals surface area contributed by atoms with Gasteiger partial charge >= 0.3 is 0 Å². The molecule has 4 nitrogen and oxygen atoms in total. The summed E-state index contributed by atoms with van der Waals surface area (Å²) in [5.74, 6) is 1.69. The zero-order chi connectivity index (χ0) is 12.4. The first-order valence-corrected chi connectivity index (χ1v) is 7.19. The highest BCUT2D eigenvalue weighted by molar-refractivity contribution is 7.08. The molecular formula is C13H20Cl3N3OS. The van der Waals surface area contributed by atoms with Crippen molar-refractivity contribution in [2.45, 2.75) is 13.5 Å². The molecule has 0 atom stereocenters. The Morgan fingerprint density at radius 3 is 2.62 bits per heavy atom. The Kier molecular flexibility index (Phi) is 9.53. The van der Waals surface area contributed by atoms with E-state index in [0.29, 0.717) is 0 Å². The van der Waals surface area contributed by atoms with Crippen molar-refractivity contribution in [2.75, 3.05) is 26.2 Å². The Hall–Kier alpha value is -0.300. The standard InChI is InChI=1S/C13H17N3OS.3ClH/c1-10-12(8-16-5-3-14-4-6-16)15-13(17-10)11-2-7-18-9-11;;;/h2,7,9,14H,3-6,8H2,1H3;3*1H. The van der Waals surface area contributed by atoms with Crippen LogP contribution in [0.25, 0.3) is 11.5 Å². The monoisotopic (exact) mass is 371 g/mol. The Bertz CT molecular complexity index is 513. The van der Waals surface area contributed by atoms with Crippen molar-refractivity contribution < 1.29 is 4.42 Å². The maximum absolute atomic E-state index is 5.75. The van der Waals surface area contributed by atoms with E-state index >= 15 is 0 Å². The number of halogens is 3. The zero-order valence-corrected chi connectivity index (χ0v) is 15.0. The lowest BCUT2D eigenvalue weighted by Crippen LogP contribution is -2.43. The average molecular weight is 373 g/mol. The Labute approximate surface area is 147 Å². The minimum atomic E-state index is 0. The van der Waals surface area contributed by atoms with Crippen LogP contribution < -0.4 is 5.32 Å². The normalized spacial score (nSPS) is 14.7. The predicted octanol–water partition coefficient (Wildman–Crippen LogP) is 3.38. The molecule has 0 radical (unpaired) electrons. The van der Waals surface area contributed by atoms with Gasteiger partial charge in [-0.1, -0.05) is 0 Å². The van der Waals surface area contributed by atoms with Gasteiger partial charge in [0.1, 0.15) is 5.76 Å². The highest BCUT2D eigenvalue weighted by Gasteiger charge is 2.16. The first kappa shape index (κ1) is 20.7. The maximum atomic E-state index is 5.75. The molecule has 1 N–H and O–H groups in total. The number of thiophene rings is 1. The third-order valence-corrected chi connectivity index (χ3v) is 3.93. The van der Waals surface area contributed by atoms with Gasteiger partial charge in [0, 0.05) is 43.7 Å². The van der Waals surface area contributed by atoms with Gasteiger partial charge in [0.25, 0.3) is 0 Å². The molecule has 2 aromatic rings. The largest absolute Gasteiger partial charge is 0.441 e. The van der Waals surface area contributed by atoms with Crippen LogP contribution in [-0.4, -0.2) is 36.1 Å². The smallest absolute Gasteiger partial charge is 0.227 e. The minimum absolute atomic E-state index is 0. The number of aryl methyl sites for hydroxylation is 1. The SMILES string of the molecule is Cc1oc(-c2ccsc2)nc1CN1CCNCC1.Cl.Cl.Cl. The Balaban J connectivity index is 0.00000133. The molecule has 0 aliphatic carbocycles. The van der Waals surface area contributed by atoms with Crippen molar-refractivity contribution in [2.24, 2.45) is 0 Å². The van der Waals surface area contributed by atoms with Gasteiger partial charge in [0.15, 0.2) is 0 Å². The molecule has 1 saturated heterocycles. The zero-order valence-electron chi connectivity index (χ0n) is 11.7. The van der Waals surface area contributed by atoms with Crippen LogP contribution >= 0.6 is 48.6 Å². The number of oxazole rings is 1. The summed E-state index contributed by atoms with van der Waals surface area (Å²) in [5, 5.41) is 7.47. The van der Waals surface area contributed by atoms with Gasteiger partial charge < -0.3 is 9.73 Å². The summed E-state index contributed by atoms with van der Waals surface area (Å²) in [7, 11) is 0. The molecule has 0 amide bonds. The van der Waals surface area contributed by atoms with Gasteiger partial charge in [-0.15, -0.1) is 37.2 Å². The number of nitrogens with zero attached hydrogens (tertiary/aromatic N) is 2. The van der Waals surface area contributed by atoms with E-state index < -0.39 is 0 Å². The first-order chi connectivity index (χ1) is 8.83. The van der Waals surface area contributed by atoms with E-state index in [9.17, 15) is 0 Å². The predicted molar refractivity (Wildman–Crippen MR) is 94.4 cm³/mol. The van der Waals surface area contributed by atoms with Crippen molar-refractivity contribution in [3.05, 3.63) is 28.3 Å². The summed E-state index contributed by atoms with van der Waals surface area (Å²) in [6, 6.07) is 2.05. The molecule has 3 heterocycles. The van der Waals surface area contributed by atoms with E-state index in [1.165, 1.54) is 0 Å². The topological polar surface area (TPSA) is 41.3 Å². The second-order valence-corrected chi connectivity index (χ2v) is 5.34. The molecule has 1 fully saturated rings. The van der Waals surface area contributed by atoms with Crippen molar-refractivity contribution in [1.82, 2.24) is 15.2 Å². The summed E-state index contributed by atoms with van der Waals surface area (Å²) < 4.78 is 5.75. The molecule has 0 saturated carbocycles. The second kappa shape index (κ2) is 9.66. The molecule has 8 heteroatoms. The van der Waals surface area contributed by atoms with Crippen LogP contribution in [0.4, 0.5) is 0 Å². The molecule has 1 aliphatic heterocycles. The highest BCUT2D eigenvalue weighted by atomic mass is 35.5. The van der Waals surface area contributed by atoms with Crippen LogP contribution in [0.15, 0.2) is 21.2 Å². The molecule has 21 heavy (non-hydrogen) atoms. The van der Waals surface area contributed by atoms with E-state index in [1.54, 1.807) is 11.3 Å². The van der Waals surface area contributed by atoms with Crippen molar-refractivity contribution >= 4 is 48.6 Å². The van der Waals surface area contributed by atoms with Crippen LogP contribution in [-0.2, 0) is 6.54 Å². The number of piperazine rings is 1. The second-order valence-electron chi connectivity index (χ2n) is 4.56. The van der Waals surface area contributed by atoms with Crippen LogP contribution in [0.3, 0.4) is 0 Å². The Morgan fingerprint density at radius 1 is 1.29 bits per heavy atom. The number of nitrogens with one attached hydrogen (secondary N) is 1. The van der Waals surface area contributed by atoms with E-state index in [0.717, 1.165) is 55.6 Å². The summed E-state index contributed by atoms with van der Waals surface area (Å²) in [4.78, 5) is 7.04. The fraction of sp³-hybridized carbons (Fsp3) is 0.462. The van der Waals surface area contributed by atoms with E-state index in [4.69, 9.17) is 4.42 Å². The first-order valence-electron chi connectivity index (χ1n) is 6.25. The molecule has 1 aliphatic rings.